The molecular weight excluding hydrogens is 434 g/mol. The summed E-state index contributed by atoms with van der Waals surface area (Å²) in [5.74, 6) is 0.633. The van der Waals surface area contributed by atoms with Crippen LogP contribution in [0.5, 0.6) is 0 Å². The molecule has 1 aliphatic rings. The highest BCUT2D eigenvalue weighted by Crippen LogP contribution is 2.32. The molecular formula is C23H25N9O2. The van der Waals surface area contributed by atoms with Crippen LogP contribution in [0.15, 0.2) is 43.1 Å². The number of hydrogen-bond acceptors (Lipinski definition) is 6. The molecule has 34 heavy (non-hydrogen) atoms. The Labute approximate surface area is 196 Å². The van der Waals surface area contributed by atoms with Gasteiger partial charge >= 0.3 is 6.09 Å². The van der Waals surface area contributed by atoms with Crippen LogP contribution in [0.3, 0.4) is 0 Å². The van der Waals surface area contributed by atoms with Crippen LogP contribution in [0.4, 0.5) is 4.79 Å². The van der Waals surface area contributed by atoms with Crippen LogP contribution < -0.4 is 0 Å². The van der Waals surface area contributed by atoms with E-state index < -0.39 is 11.1 Å². The monoisotopic (exact) mass is 459 g/mol. The lowest BCUT2D eigenvalue weighted by Crippen LogP contribution is -2.66. The molecule has 4 aromatic rings. The third kappa shape index (κ3) is 3.77. The average Bonchev–Trinajstić information content (AvgIpc) is 3.48. The van der Waals surface area contributed by atoms with E-state index in [1.54, 1.807) is 26.7 Å². The van der Waals surface area contributed by atoms with Crippen molar-refractivity contribution in [1.29, 1.82) is 0 Å². The second-order valence-electron chi connectivity index (χ2n) is 9.55. The molecule has 0 atom stereocenters. The first-order valence-electron chi connectivity index (χ1n) is 10.9. The van der Waals surface area contributed by atoms with Gasteiger partial charge in [0, 0.05) is 43.5 Å². The van der Waals surface area contributed by atoms with Gasteiger partial charge in [0.2, 0.25) is 6.54 Å². The van der Waals surface area contributed by atoms with Crippen molar-refractivity contribution in [2.75, 3.05) is 19.6 Å². The van der Waals surface area contributed by atoms with Crippen molar-refractivity contribution in [1.82, 2.24) is 38.8 Å². The van der Waals surface area contributed by atoms with E-state index in [2.05, 4.69) is 14.9 Å². The van der Waals surface area contributed by atoms with Crippen molar-refractivity contribution >= 4 is 11.7 Å². The largest absolute Gasteiger partial charge is 0.444 e. The van der Waals surface area contributed by atoms with E-state index in [1.807, 2.05) is 62.9 Å². The van der Waals surface area contributed by atoms with Crippen molar-refractivity contribution in [2.24, 2.45) is 7.05 Å². The molecule has 5 heterocycles. The van der Waals surface area contributed by atoms with Gasteiger partial charge in [-0.15, -0.1) is 0 Å². The Morgan fingerprint density at radius 1 is 1.26 bits per heavy atom. The molecule has 174 valence electrons. The number of aromatic nitrogens is 7. The maximum absolute atomic E-state index is 12.5. The average molecular weight is 460 g/mol. The Morgan fingerprint density at radius 3 is 2.74 bits per heavy atom. The summed E-state index contributed by atoms with van der Waals surface area (Å²) in [5.41, 5.74) is 1.83. The van der Waals surface area contributed by atoms with Crippen LogP contribution in [0.2, 0.25) is 0 Å². The highest BCUT2D eigenvalue weighted by Gasteiger charge is 2.51. The molecule has 0 spiro atoms. The van der Waals surface area contributed by atoms with E-state index >= 15 is 0 Å². The number of aryl methyl sites for hydroxylation is 1. The van der Waals surface area contributed by atoms with Gasteiger partial charge in [-0.2, -0.15) is 10.2 Å². The second-order valence-corrected chi connectivity index (χ2v) is 9.55. The van der Waals surface area contributed by atoms with Crippen LogP contribution in [0.25, 0.3) is 33.3 Å². The molecule has 11 nitrogen and oxygen atoms in total. The highest BCUT2D eigenvalue weighted by molar-refractivity contribution is 5.70. The zero-order chi connectivity index (χ0) is 24.1. The smallest absolute Gasteiger partial charge is 0.410 e. The summed E-state index contributed by atoms with van der Waals surface area (Å²) in [6, 6.07) is 3.78. The SMILES string of the molecule is [C-]#[N+]CC1(n2ccc(-c3nc(-c4cnn(C)c4)cc4nccn34)n2)CN(C(=O)OC(C)(C)C)C1. The zero-order valence-corrected chi connectivity index (χ0v) is 19.5. The summed E-state index contributed by atoms with van der Waals surface area (Å²) in [4.78, 5) is 27.0. The molecule has 0 unspecified atom stereocenters. The minimum Gasteiger partial charge on any atom is -0.444 e. The van der Waals surface area contributed by atoms with E-state index in [9.17, 15) is 4.79 Å². The van der Waals surface area contributed by atoms with Gasteiger partial charge in [-0.05, 0) is 26.8 Å². The summed E-state index contributed by atoms with van der Waals surface area (Å²) < 4.78 is 10.9. The Bertz CT molecular complexity index is 1410. The molecule has 0 bridgehead atoms. The molecule has 1 amide bonds. The fourth-order valence-electron chi connectivity index (χ4n) is 4.10. The van der Waals surface area contributed by atoms with Crippen molar-refractivity contribution in [2.45, 2.75) is 31.9 Å². The van der Waals surface area contributed by atoms with Gasteiger partial charge in [0.1, 0.15) is 16.9 Å². The van der Waals surface area contributed by atoms with E-state index in [4.69, 9.17) is 21.4 Å². The van der Waals surface area contributed by atoms with Gasteiger partial charge in [0.15, 0.2) is 11.4 Å². The minimum absolute atomic E-state index is 0.205. The van der Waals surface area contributed by atoms with Gasteiger partial charge < -0.3 is 14.5 Å². The van der Waals surface area contributed by atoms with Gasteiger partial charge in [0.05, 0.1) is 25.0 Å². The molecule has 0 radical (unpaired) electrons. The minimum atomic E-state index is -0.605. The predicted octanol–water partition coefficient (Wildman–Crippen LogP) is 2.86. The van der Waals surface area contributed by atoms with Crippen molar-refractivity contribution < 1.29 is 9.53 Å². The fraction of sp³-hybridized carbons (Fsp3) is 0.391. The first-order chi connectivity index (χ1) is 16.2. The summed E-state index contributed by atoms with van der Waals surface area (Å²) in [6.07, 6.45) is 8.67. The van der Waals surface area contributed by atoms with Crippen LogP contribution in [0, 0.1) is 6.57 Å². The summed E-state index contributed by atoms with van der Waals surface area (Å²) in [5, 5.41) is 9.04. The number of imidazole rings is 1. The Hall–Kier alpha value is -4.20. The number of carbonyl (C=O) groups is 1. The fourth-order valence-corrected chi connectivity index (χ4v) is 4.10. The summed E-state index contributed by atoms with van der Waals surface area (Å²) in [7, 11) is 1.86. The Kier molecular flexibility index (Phi) is 4.89. The molecule has 1 saturated heterocycles. The maximum atomic E-state index is 12.5. The second kappa shape index (κ2) is 7.69. The third-order valence-electron chi connectivity index (χ3n) is 5.69. The van der Waals surface area contributed by atoms with E-state index in [0.29, 0.717) is 24.6 Å². The maximum Gasteiger partial charge on any atom is 0.410 e. The van der Waals surface area contributed by atoms with Gasteiger partial charge in [-0.25, -0.2) is 21.3 Å². The molecule has 0 aliphatic carbocycles. The van der Waals surface area contributed by atoms with Gasteiger partial charge in [-0.3, -0.25) is 13.8 Å². The number of hydrogen-bond donors (Lipinski definition) is 0. The van der Waals surface area contributed by atoms with Crippen molar-refractivity contribution in [3.63, 3.8) is 0 Å². The molecule has 0 N–H and O–H groups in total. The van der Waals surface area contributed by atoms with Crippen molar-refractivity contribution in [3.8, 4) is 22.8 Å². The van der Waals surface area contributed by atoms with Crippen LogP contribution in [-0.4, -0.2) is 70.2 Å². The third-order valence-corrected chi connectivity index (χ3v) is 5.69. The van der Waals surface area contributed by atoms with Gasteiger partial charge in [0.25, 0.3) is 0 Å². The van der Waals surface area contributed by atoms with Crippen LogP contribution in [0.1, 0.15) is 20.8 Å². The first kappa shape index (κ1) is 21.6. The summed E-state index contributed by atoms with van der Waals surface area (Å²) in [6.45, 7) is 13.9. The van der Waals surface area contributed by atoms with Crippen LogP contribution >= 0.6 is 0 Å². The predicted molar refractivity (Wildman–Crippen MR) is 124 cm³/mol. The molecule has 0 saturated carbocycles. The number of amides is 1. The molecule has 1 aliphatic heterocycles. The Morgan fingerprint density at radius 2 is 2.06 bits per heavy atom. The number of ether oxygens (including phenoxy) is 1. The first-order valence-corrected chi connectivity index (χ1v) is 10.9. The molecule has 4 aromatic heterocycles. The van der Waals surface area contributed by atoms with Crippen molar-refractivity contribution in [3.05, 3.63) is 54.5 Å². The highest BCUT2D eigenvalue weighted by atomic mass is 16.6. The quantitative estimate of drug-likeness (QED) is 0.435. The summed E-state index contributed by atoms with van der Waals surface area (Å²) >= 11 is 0. The van der Waals surface area contributed by atoms with Gasteiger partial charge in [-0.1, -0.05) is 0 Å². The zero-order valence-electron chi connectivity index (χ0n) is 19.5. The van der Waals surface area contributed by atoms with E-state index in [-0.39, 0.29) is 12.6 Å². The topological polar surface area (TPSA) is 99.7 Å². The van der Waals surface area contributed by atoms with E-state index in [0.717, 1.165) is 16.9 Å². The molecule has 0 aromatic carbocycles. The number of fused-ring (bicyclic) bond motifs is 1. The molecule has 5 rings (SSSR count). The number of likely N-dealkylation sites (tertiary alicyclic amines) is 1. The number of rotatable bonds is 4. The van der Waals surface area contributed by atoms with Crippen LogP contribution in [-0.2, 0) is 17.3 Å². The normalized spacial score (nSPS) is 15.2. The lowest BCUT2D eigenvalue weighted by molar-refractivity contribution is -0.0273. The Balaban J connectivity index is 1.47. The molecule has 1 fully saturated rings. The molecule has 11 heteroatoms. The number of nitrogens with zero attached hydrogens (tertiary/aromatic N) is 9. The lowest BCUT2D eigenvalue weighted by Gasteiger charge is -2.46. The number of carbonyl (C=O) groups excluding carboxylic acids is 1. The van der Waals surface area contributed by atoms with E-state index in [1.165, 1.54) is 0 Å². The lowest BCUT2D eigenvalue weighted by atomic mass is 9.90. The standard InChI is InChI=1S/C23H25N9O2/c1-22(2,3)34-21(33)30-14-23(15-30,13-24-4)32-8-6-17(28-32)20-27-18(16-11-26-29(5)12-16)10-19-25-7-9-31(19)20/h6-12H,13-15H2,1-3,5H3.